The van der Waals surface area contributed by atoms with Gasteiger partial charge in [0.25, 0.3) is 5.91 Å². The summed E-state index contributed by atoms with van der Waals surface area (Å²) in [5.74, 6) is 0.200. The van der Waals surface area contributed by atoms with E-state index in [9.17, 15) is 9.59 Å². The predicted octanol–water partition coefficient (Wildman–Crippen LogP) is 1.81. The molecule has 1 saturated heterocycles. The smallest absolute Gasteiger partial charge is 0.256 e. The van der Waals surface area contributed by atoms with Crippen molar-refractivity contribution in [3.05, 3.63) is 29.8 Å². The van der Waals surface area contributed by atoms with Crippen LogP contribution in [0.1, 0.15) is 30.1 Å². The van der Waals surface area contributed by atoms with Crippen LogP contribution in [0.3, 0.4) is 0 Å². The molecule has 0 atom stereocenters. The van der Waals surface area contributed by atoms with Gasteiger partial charge in [-0.15, -0.1) is 0 Å². The zero-order chi connectivity index (χ0) is 15.2. The van der Waals surface area contributed by atoms with Crippen LogP contribution in [-0.4, -0.2) is 54.8 Å². The van der Waals surface area contributed by atoms with Crippen LogP contribution in [0.4, 0.5) is 5.69 Å². The van der Waals surface area contributed by atoms with E-state index in [0.29, 0.717) is 31.6 Å². The van der Waals surface area contributed by atoms with Crippen molar-refractivity contribution >= 4 is 17.5 Å². The van der Waals surface area contributed by atoms with Crippen LogP contribution in [0, 0.1) is 0 Å². The van der Waals surface area contributed by atoms with Gasteiger partial charge in [0.05, 0.1) is 5.56 Å². The average molecular weight is 289 g/mol. The van der Waals surface area contributed by atoms with Crippen LogP contribution in [0.15, 0.2) is 24.3 Å². The first kappa shape index (κ1) is 15.4. The number of carbonyl (C=O) groups excluding carboxylic acids is 2. The van der Waals surface area contributed by atoms with Gasteiger partial charge in [-0.3, -0.25) is 9.59 Å². The first-order valence-corrected chi connectivity index (χ1v) is 7.51. The number of carbonyl (C=O) groups is 2. The number of rotatable bonds is 3. The first-order valence-electron chi connectivity index (χ1n) is 7.51. The van der Waals surface area contributed by atoms with Crippen LogP contribution >= 0.6 is 0 Å². The summed E-state index contributed by atoms with van der Waals surface area (Å²) in [7, 11) is 1.82. The van der Waals surface area contributed by atoms with Crippen molar-refractivity contribution in [3.63, 3.8) is 0 Å². The normalized spacial score (nSPS) is 15.5. The number of hydrogen-bond acceptors (Lipinski definition) is 3. The fourth-order valence-corrected chi connectivity index (χ4v) is 2.65. The minimum Gasteiger partial charge on any atom is -0.387 e. The monoisotopic (exact) mass is 289 g/mol. The van der Waals surface area contributed by atoms with Gasteiger partial charge < -0.3 is 15.1 Å². The van der Waals surface area contributed by atoms with Crippen molar-refractivity contribution in [2.45, 2.75) is 19.8 Å². The molecule has 114 valence electrons. The highest BCUT2D eigenvalue weighted by Gasteiger charge is 2.23. The van der Waals surface area contributed by atoms with E-state index in [-0.39, 0.29) is 11.8 Å². The van der Waals surface area contributed by atoms with Gasteiger partial charge in [0.2, 0.25) is 5.91 Å². The molecular formula is C16H23N3O2. The Labute approximate surface area is 125 Å². The molecule has 5 nitrogen and oxygen atoms in total. The quantitative estimate of drug-likeness (QED) is 0.923. The van der Waals surface area contributed by atoms with Gasteiger partial charge in [-0.25, -0.2) is 0 Å². The van der Waals surface area contributed by atoms with E-state index >= 15 is 0 Å². The molecule has 1 aromatic rings. The lowest BCUT2D eigenvalue weighted by Crippen LogP contribution is -2.37. The molecule has 1 aliphatic rings. The molecule has 5 heteroatoms. The van der Waals surface area contributed by atoms with E-state index in [2.05, 4.69) is 5.32 Å². The Kier molecular flexibility index (Phi) is 5.20. The summed E-state index contributed by atoms with van der Waals surface area (Å²) in [5, 5.41) is 3.06. The summed E-state index contributed by atoms with van der Waals surface area (Å²) in [6, 6.07) is 7.53. The molecule has 0 unspecified atom stereocenters. The second-order valence-corrected chi connectivity index (χ2v) is 5.18. The number of amides is 2. The Morgan fingerprint density at radius 3 is 2.48 bits per heavy atom. The molecule has 0 aromatic heterocycles. The Hall–Kier alpha value is -2.04. The number of anilines is 1. The molecule has 0 spiro atoms. The molecule has 0 aliphatic carbocycles. The van der Waals surface area contributed by atoms with E-state index < -0.39 is 0 Å². The predicted molar refractivity (Wildman–Crippen MR) is 83.4 cm³/mol. The summed E-state index contributed by atoms with van der Waals surface area (Å²) in [6.07, 6.45) is 1.36. The minimum atomic E-state index is 0.0331. The Morgan fingerprint density at radius 1 is 1.10 bits per heavy atom. The van der Waals surface area contributed by atoms with Crippen LogP contribution in [0.2, 0.25) is 0 Å². The zero-order valence-corrected chi connectivity index (χ0v) is 12.8. The molecule has 2 rings (SSSR count). The number of para-hydroxylation sites is 1. The summed E-state index contributed by atoms with van der Waals surface area (Å²) in [6.45, 7) is 4.54. The lowest BCUT2D eigenvalue weighted by molar-refractivity contribution is -0.130. The number of benzene rings is 1. The standard InChI is InChI=1S/C16H23N3O2/c1-3-15(20)18-9-6-10-19(12-11-18)16(21)13-7-4-5-8-14(13)17-2/h4-5,7-8,17H,3,6,9-12H2,1-2H3. The van der Waals surface area contributed by atoms with Gasteiger partial charge in [0.15, 0.2) is 0 Å². The first-order chi connectivity index (χ1) is 10.2. The van der Waals surface area contributed by atoms with Crippen LogP contribution in [-0.2, 0) is 4.79 Å². The van der Waals surface area contributed by atoms with E-state index in [1.807, 2.05) is 48.0 Å². The van der Waals surface area contributed by atoms with E-state index in [1.165, 1.54) is 0 Å². The molecule has 1 aromatic carbocycles. The van der Waals surface area contributed by atoms with E-state index in [0.717, 1.165) is 18.7 Å². The van der Waals surface area contributed by atoms with Gasteiger partial charge >= 0.3 is 0 Å². The highest BCUT2D eigenvalue weighted by molar-refractivity contribution is 5.99. The molecule has 1 aliphatic heterocycles. The van der Waals surface area contributed by atoms with Crippen molar-refractivity contribution in [3.8, 4) is 0 Å². The third kappa shape index (κ3) is 3.54. The van der Waals surface area contributed by atoms with Crippen molar-refractivity contribution < 1.29 is 9.59 Å². The number of nitrogens with one attached hydrogen (secondary N) is 1. The molecule has 21 heavy (non-hydrogen) atoms. The lowest BCUT2D eigenvalue weighted by Gasteiger charge is -2.23. The molecule has 0 radical (unpaired) electrons. The molecule has 2 amide bonds. The van der Waals surface area contributed by atoms with E-state index in [1.54, 1.807) is 0 Å². The Balaban J connectivity index is 2.08. The third-order valence-electron chi connectivity index (χ3n) is 3.87. The second-order valence-electron chi connectivity index (χ2n) is 5.18. The lowest BCUT2D eigenvalue weighted by atomic mass is 10.1. The molecule has 1 fully saturated rings. The van der Waals surface area contributed by atoms with Crippen LogP contribution in [0.25, 0.3) is 0 Å². The number of hydrogen-bond donors (Lipinski definition) is 1. The summed E-state index contributed by atoms with van der Waals surface area (Å²) < 4.78 is 0. The number of nitrogens with zero attached hydrogens (tertiary/aromatic N) is 2. The summed E-state index contributed by atoms with van der Waals surface area (Å²) >= 11 is 0. The van der Waals surface area contributed by atoms with Crippen LogP contribution < -0.4 is 5.32 Å². The van der Waals surface area contributed by atoms with Gasteiger partial charge in [0, 0.05) is 45.3 Å². The van der Waals surface area contributed by atoms with Crippen LogP contribution in [0.5, 0.6) is 0 Å². The molecule has 0 saturated carbocycles. The highest BCUT2D eigenvalue weighted by atomic mass is 16.2. The molecule has 0 bridgehead atoms. The average Bonchev–Trinajstić information content (AvgIpc) is 2.79. The van der Waals surface area contributed by atoms with Crippen molar-refractivity contribution in [1.82, 2.24) is 9.80 Å². The largest absolute Gasteiger partial charge is 0.387 e. The third-order valence-corrected chi connectivity index (χ3v) is 3.87. The fraction of sp³-hybridized carbons (Fsp3) is 0.500. The maximum absolute atomic E-state index is 12.7. The highest BCUT2D eigenvalue weighted by Crippen LogP contribution is 2.17. The Morgan fingerprint density at radius 2 is 1.76 bits per heavy atom. The maximum atomic E-state index is 12.7. The van der Waals surface area contributed by atoms with Gasteiger partial charge in [-0.2, -0.15) is 0 Å². The molecular weight excluding hydrogens is 266 g/mol. The maximum Gasteiger partial charge on any atom is 0.256 e. The topological polar surface area (TPSA) is 52.7 Å². The van der Waals surface area contributed by atoms with Crippen molar-refractivity contribution in [2.24, 2.45) is 0 Å². The molecule has 1 heterocycles. The Bertz CT molecular complexity index is 516. The minimum absolute atomic E-state index is 0.0331. The van der Waals surface area contributed by atoms with Gasteiger partial charge in [-0.1, -0.05) is 19.1 Å². The van der Waals surface area contributed by atoms with E-state index in [4.69, 9.17) is 0 Å². The van der Waals surface area contributed by atoms with Gasteiger partial charge in [-0.05, 0) is 18.6 Å². The van der Waals surface area contributed by atoms with Gasteiger partial charge in [0.1, 0.15) is 0 Å². The molecule has 1 N–H and O–H groups in total. The zero-order valence-electron chi connectivity index (χ0n) is 12.8. The fourth-order valence-electron chi connectivity index (χ4n) is 2.65. The summed E-state index contributed by atoms with van der Waals surface area (Å²) in [4.78, 5) is 28.1. The SMILES string of the molecule is CCC(=O)N1CCCN(C(=O)c2ccccc2NC)CC1. The summed E-state index contributed by atoms with van der Waals surface area (Å²) in [5.41, 5.74) is 1.53. The van der Waals surface area contributed by atoms with Crippen molar-refractivity contribution in [1.29, 1.82) is 0 Å². The van der Waals surface area contributed by atoms with Crippen molar-refractivity contribution in [2.75, 3.05) is 38.5 Å². The second kappa shape index (κ2) is 7.11.